The topological polar surface area (TPSA) is 67.7 Å². The molecule has 7 nitrogen and oxygen atoms in total. The molecular formula is C23H34N4O3. The summed E-state index contributed by atoms with van der Waals surface area (Å²) in [6.45, 7) is 3.68. The second kappa shape index (κ2) is 7.98. The van der Waals surface area contributed by atoms with E-state index in [0.717, 1.165) is 82.4 Å². The van der Waals surface area contributed by atoms with Crippen molar-refractivity contribution in [2.24, 2.45) is 13.0 Å². The van der Waals surface area contributed by atoms with Gasteiger partial charge in [-0.3, -0.25) is 14.3 Å². The number of carbonyl (C=O) groups excluding carboxylic acids is 2. The van der Waals surface area contributed by atoms with E-state index < -0.39 is 0 Å². The molecule has 2 amide bonds. The molecule has 1 aromatic heterocycles. The molecule has 164 valence electrons. The number of carbonyl (C=O) groups is 2. The molecule has 0 atom stereocenters. The molecular weight excluding hydrogens is 380 g/mol. The molecule has 0 bridgehead atoms. The molecule has 7 heteroatoms. The lowest BCUT2D eigenvalue weighted by atomic mass is 9.82. The van der Waals surface area contributed by atoms with Crippen LogP contribution in [0.25, 0.3) is 0 Å². The number of likely N-dealkylation sites (tertiary alicyclic amines) is 2. The zero-order valence-corrected chi connectivity index (χ0v) is 18.2. The Labute approximate surface area is 178 Å². The third-order valence-electron chi connectivity index (χ3n) is 7.82. The predicted octanol–water partition coefficient (Wildman–Crippen LogP) is 2.67. The normalized spacial score (nSPS) is 24.3. The number of hydrogen-bond donors (Lipinski definition) is 0. The molecule has 1 spiro atoms. The van der Waals surface area contributed by atoms with Crippen LogP contribution in [0.1, 0.15) is 79.5 Å². The van der Waals surface area contributed by atoms with Gasteiger partial charge in [-0.25, -0.2) is 0 Å². The Kier molecular flexibility index (Phi) is 5.33. The fraction of sp³-hybridized carbons (Fsp3) is 0.783. The van der Waals surface area contributed by atoms with Crippen molar-refractivity contribution in [1.29, 1.82) is 0 Å². The molecule has 1 aliphatic carbocycles. The lowest BCUT2D eigenvalue weighted by Crippen LogP contribution is -2.52. The quantitative estimate of drug-likeness (QED) is 0.746. The van der Waals surface area contributed by atoms with Gasteiger partial charge in [-0.05, 0) is 38.5 Å². The predicted molar refractivity (Wildman–Crippen MR) is 112 cm³/mol. The number of ether oxygens (including phenoxy) is 1. The Hall–Kier alpha value is -1.89. The number of aryl methyl sites for hydroxylation is 1. The van der Waals surface area contributed by atoms with Crippen molar-refractivity contribution in [3.8, 4) is 0 Å². The second-order valence-corrected chi connectivity index (χ2v) is 9.71. The molecule has 0 radical (unpaired) electrons. The molecule has 0 aromatic carbocycles. The maximum Gasteiger partial charge on any atom is 0.274 e. The van der Waals surface area contributed by atoms with E-state index in [-0.39, 0.29) is 17.4 Å². The van der Waals surface area contributed by atoms with E-state index in [2.05, 4.69) is 10.00 Å². The van der Waals surface area contributed by atoms with Crippen LogP contribution in [-0.2, 0) is 29.6 Å². The molecule has 0 unspecified atom stereocenters. The largest absolute Gasteiger partial charge is 0.370 e. The Balaban J connectivity index is 1.26. The minimum Gasteiger partial charge on any atom is -0.370 e. The summed E-state index contributed by atoms with van der Waals surface area (Å²) >= 11 is 0. The third kappa shape index (κ3) is 3.55. The maximum atomic E-state index is 12.9. The van der Waals surface area contributed by atoms with Crippen molar-refractivity contribution in [3.05, 3.63) is 17.0 Å². The number of amides is 2. The number of piperidine rings is 1. The van der Waals surface area contributed by atoms with Crippen molar-refractivity contribution in [3.63, 3.8) is 0 Å². The van der Waals surface area contributed by atoms with Crippen LogP contribution < -0.4 is 0 Å². The molecule has 0 N–H and O–H groups in total. The average Bonchev–Trinajstić information content (AvgIpc) is 3.43. The second-order valence-electron chi connectivity index (χ2n) is 9.71. The van der Waals surface area contributed by atoms with E-state index in [4.69, 9.17) is 4.74 Å². The van der Waals surface area contributed by atoms with Crippen LogP contribution in [0.3, 0.4) is 0 Å². The van der Waals surface area contributed by atoms with Gasteiger partial charge in [0.25, 0.3) is 5.91 Å². The number of fused-ring (bicyclic) bond motifs is 1. The summed E-state index contributed by atoms with van der Waals surface area (Å²) in [5.74, 6) is 0.653. The summed E-state index contributed by atoms with van der Waals surface area (Å²) in [4.78, 5) is 29.8. The highest BCUT2D eigenvalue weighted by molar-refractivity contribution is 5.94. The van der Waals surface area contributed by atoms with Gasteiger partial charge in [-0.15, -0.1) is 0 Å². The Bertz CT molecular complexity index is 813. The summed E-state index contributed by atoms with van der Waals surface area (Å²) in [6.07, 6.45) is 10.5. The van der Waals surface area contributed by atoms with Gasteiger partial charge in [0.1, 0.15) is 0 Å². The first-order chi connectivity index (χ1) is 14.6. The maximum absolute atomic E-state index is 12.9. The zero-order chi connectivity index (χ0) is 20.7. The van der Waals surface area contributed by atoms with Crippen LogP contribution >= 0.6 is 0 Å². The van der Waals surface area contributed by atoms with Crippen LogP contribution in [0, 0.1) is 5.92 Å². The Morgan fingerprint density at radius 2 is 1.67 bits per heavy atom. The number of aromatic nitrogens is 2. The molecule has 1 saturated carbocycles. The minimum atomic E-state index is -0.224. The number of rotatable bonds is 2. The third-order valence-corrected chi connectivity index (χ3v) is 7.82. The first-order valence-electron chi connectivity index (χ1n) is 11.8. The van der Waals surface area contributed by atoms with Crippen molar-refractivity contribution >= 4 is 11.8 Å². The number of hydrogen-bond acceptors (Lipinski definition) is 4. The van der Waals surface area contributed by atoms with Gasteiger partial charge in [0.15, 0.2) is 5.69 Å². The van der Waals surface area contributed by atoms with Gasteiger partial charge < -0.3 is 14.5 Å². The molecule has 5 rings (SSSR count). The summed E-state index contributed by atoms with van der Waals surface area (Å²) in [7, 11) is 1.94. The summed E-state index contributed by atoms with van der Waals surface area (Å²) in [5, 5.41) is 4.60. The summed E-state index contributed by atoms with van der Waals surface area (Å²) < 4.78 is 8.30. The molecule has 3 aliphatic heterocycles. The average molecular weight is 415 g/mol. The molecule has 1 aromatic rings. The van der Waals surface area contributed by atoms with E-state index in [9.17, 15) is 9.59 Å². The first kappa shape index (κ1) is 20.0. The van der Waals surface area contributed by atoms with Crippen LogP contribution in [0.15, 0.2) is 0 Å². The first-order valence-corrected chi connectivity index (χ1v) is 11.8. The van der Waals surface area contributed by atoms with Gasteiger partial charge in [-0.1, -0.05) is 19.3 Å². The van der Waals surface area contributed by atoms with Crippen LogP contribution in [0.5, 0.6) is 0 Å². The van der Waals surface area contributed by atoms with Crippen molar-refractivity contribution in [2.75, 3.05) is 26.2 Å². The fourth-order valence-electron chi connectivity index (χ4n) is 5.86. The standard InChI is InChI=1S/C23H34N4O3/c1-25-19-15-23(9-13-27(14-10-23)21(28)17-7-3-2-4-8-17)30-16-18(19)20(24-25)22(29)26-11-5-6-12-26/h17H,2-16H2,1H3. The van der Waals surface area contributed by atoms with Gasteiger partial charge in [-0.2, -0.15) is 5.10 Å². The van der Waals surface area contributed by atoms with Gasteiger partial charge in [0, 0.05) is 56.8 Å². The molecule has 30 heavy (non-hydrogen) atoms. The molecule has 4 heterocycles. The lowest BCUT2D eigenvalue weighted by Gasteiger charge is -2.44. The van der Waals surface area contributed by atoms with Gasteiger partial charge in [0.2, 0.25) is 5.91 Å². The number of nitrogens with zero attached hydrogens (tertiary/aromatic N) is 4. The molecule has 2 saturated heterocycles. The van der Waals surface area contributed by atoms with Gasteiger partial charge >= 0.3 is 0 Å². The zero-order valence-electron chi connectivity index (χ0n) is 18.2. The SMILES string of the molecule is Cn1nc(C(=O)N2CCCC2)c2c1CC1(CCN(C(=O)C3CCCCC3)CC1)OC2. The summed E-state index contributed by atoms with van der Waals surface area (Å²) in [6, 6.07) is 0. The van der Waals surface area contributed by atoms with E-state index in [0.29, 0.717) is 18.2 Å². The van der Waals surface area contributed by atoms with Crippen molar-refractivity contribution in [1.82, 2.24) is 19.6 Å². The van der Waals surface area contributed by atoms with Crippen LogP contribution in [0.2, 0.25) is 0 Å². The Morgan fingerprint density at radius 1 is 0.967 bits per heavy atom. The van der Waals surface area contributed by atoms with E-state index in [1.165, 1.54) is 19.3 Å². The fourth-order valence-corrected chi connectivity index (χ4v) is 5.86. The van der Waals surface area contributed by atoms with Gasteiger partial charge in [0.05, 0.1) is 12.2 Å². The van der Waals surface area contributed by atoms with E-state index >= 15 is 0 Å². The van der Waals surface area contributed by atoms with Crippen LogP contribution in [0.4, 0.5) is 0 Å². The Morgan fingerprint density at radius 3 is 2.37 bits per heavy atom. The smallest absolute Gasteiger partial charge is 0.274 e. The molecule has 3 fully saturated rings. The molecule has 4 aliphatic rings. The monoisotopic (exact) mass is 414 g/mol. The van der Waals surface area contributed by atoms with E-state index in [1.807, 2.05) is 16.6 Å². The minimum absolute atomic E-state index is 0.0526. The van der Waals surface area contributed by atoms with E-state index in [1.54, 1.807) is 0 Å². The van der Waals surface area contributed by atoms with Crippen molar-refractivity contribution < 1.29 is 14.3 Å². The highest BCUT2D eigenvalue weighted by atomic mass is 16.5. The highest BCUT2D eigenvalue weighted by Crippen LogP contribution is 2.38. The lowest BCUT2D eigenvalue weighted by molar-refractivity contribution is -0.146. The summed E-state index contributed by atoms with van der Waals surface area (Å²) in [5.41, 5.74) is 2.46. The highest BCUT2D eigenvalue weighted by Gasteiger charge is 2.43. The van der Waals surface area contributed by atoms with Crippen molar-refractivity contribution in [2.45, 2.75) is 76.4 Å². The van der Waals surface area contributed by atoms with Crippen LogP contribution in [-0.4, -0.2) is 63.2 Å².